The van der Waals surface area contributed by atoms with Crippen molar-refractivity contribution in [1.82, 2.24) is 0 Å². The van der Waals surface area contributed by atoms with Crippen LogP contribution in [0.3, 0.4) is 0 Å². The van der Waals surface area contributed by atoms with Crippen LogP contribution in [0.1, 0.15) is 51.5 Å². The molecule has 2 fully saturated rings. The molecule has 3 aliphatic rings. The monoisotopic (exact) mass is 357 g/mol. The Morgan fingerprint density at radius 2 is 2.00 bits per heavy atom. The van der Waals surface area contributed by atoms with E-state index in [1.165, 1.54) is 12.8 Å². The summed E-state index contributed by atoms with van der Waals surface area (Å²) in [5, 5.41) is 0. The van der Waals surface area contributed by atoms with E-state index in [0.717, 1.165) is 24.2 Å². The minimum atomic E-state index is -0.417. The Labute approximate surface area is 156 Å². The lowest BCUT2D eigenvalue weighted by Gasteiger charge is -2.40. The number of para-hydroxylation sites is 1. The van der Waals surface area contributed by atoms with Crippen LogP contribution in [0, 0.1) is 23.7 Å². The highest BCUT2D eigenvalue weighted by Gasteiger charge is 2.51. The summed E-state index contributed by atoms with van der Waals surface area (Å²) in [5.41, 5.74) is 2.22. The molecule has 1 unspecified atom stereocenters. The number of nitrogens with zero attached hydrogens (tertiary/aromatic N) is 1. The average molecular weight is 357 g/mol. The molecule has 4 rings (SSSR count). The van der Waals surface area contributed by atoms with Crippen LogP contribution in [0.5, 0.6) is 0 Å². The van der Waals surface area contributed by atoms with Crippen LogP contribution < -0.4 is 4.90 Å². The van der Waals surface area contributed by atoms with Crippen molar-refractivity contribution in [3.8, 4) is 0 Å². The van der Waals surface area contributed by atoms with Gasteiger partial charge in [-0.1, -0.05) is 45.4 Å². The molecule has 1 aliphatic carbocycles. The number of rotatable bonds is 3. The van der Waals surface area contributed by atoms with Gasteiger partial charge < -0.3 is 14.4 Å². The third-order valence-corrected chi connectivity index (χ3v) is 6.70. The molecule has 26 heavy (non-hydrogen) atoms. The molecule has 1 saturated heterocycles. The highest BCUT2D eigenvalue weighted by Crippen LogP contribution is 2.46. The third kappa shape index (κ3) is 3.02. The number of cyclic esters (lactones) is 1. The zero-order valence-corrected chi connectivity index (χ0v) is 16.4. The van der Waals surface area contributed by atoms with Crippen LogP contribution in [-0.4, -0.2) is 32.0 Å². The first-order valence-electron chi connectivity index (χ1n) is 10.1. The summed E-state index contributed by atoms with van der Waals surface area (Å²) >= 11 is 0. The van der Waals surface area contributed by atoms with Crippen LogP contribution in [0.2, 0.25) is 0 Å². The van der Waals surface area contributed by atoms with E-state index in [1.807, 2.05) is 12.1 Å². The van der Waals surface area contributed by atoms with E-state index in [4.69, 9.17) is 9.47 Å². The summed E-state index contributed by atoms with van der Waals surface area (Å²) < 4.78 is 12.3. The Morgan fingerprint density at radius 1 is 1.23 bits per heavy atom. The minimum absolute atomic E-state index is 0.0763. The lowest BCUT2D eigenvalue weighted by molar-refractivity contribution is -0.195. The quantitative estimate of drug-likeness (QED) is 0.760. The summed E-state index contributed by atoms with van der Waals surface area (Å²) in [6.45, 7) is 7.67. The Bertz CT molecular complexity index is 673. The van der Waals surface area contributed by atoms with Gasteiger partial charge in [0, 0.05) is 19.3 Å². The van der Waals surface area contributed by atoms with Crippen molar-refractivity contribution in [3.05, 3.63) is 29.8 Å². The number of hydrogen-bond acceptors (Lipinski definition) is 4. The van der Waals surface area contributed by atoms with Gasteiger partial charge in [0.15, 0.2) is 0 Å². The molecule has 1 saturated carbocycles. The predicted octanol–water partition coefficient (Wildman–Crippen LogP) is 4.20. The zero-order chi connectivity index (χ0) is 18.4. The molecule has 4 heteroatoms. The topological polar surface area (TPSA) is 38.8 Å². The lowest BCUT2D eigenvalue weighted by Crippen LogP contribution is -2.43. The first-order chi connectivity index (χ1) is 12.5. The summed E-state index contributed by atoms with van der Waals surface area (Å²) in [4.78, 5) is 14.9. The minimum Gasteiger partial charge on any atom is -0.435 e. The van der Waals surface area contributed by atoms with Crippen LogP contribution in [0.15, 0.2) is 24.3 Å². The van der Waals surface area contributed by atoms with Crippen molar-refractivity contribution in [2.45, 2.75) is 58.3 Å². The van der Waals surface area contributed by atoms with Crippen LogP contribution in [0.4, 0.5) is 5.69 Å². The first-order valence-corrected chi connectivity index (χ1v) is 10.1. The van der Waals surface area contributed by atoms with Gasteiger partial charge in [-0.25, -0.2) is 0 Å². The maximum absolute atomic E-state index is 12.7. The molecule has 0 bridgehead atoms. The fraction of sp³-hybridized carbons (Fsp3) is 0.682. The van der Waals surface area contributed by atoms with Gasteiger partial charge in [0.1, 0.15) is 0 Å². The number of hydrogen-bond donors (Lipinski definition) is 0. The first kappa shape index (κ1) is 17.8. The van der Waals surface area contributed by atoms with Crippen molar-refractivity contribution >= 4 is 11.7 Å². The zero-order valence-electron chi connectivity index (χ0n) is 16.4. The SMILES string of the molecule is CC1CC[C@@H](C(C)C)[C@H](O[C@@H]2OC(=O)[C@H]3c4ccccc4N(C)C[C@@H]23)C1. The second-order valence-electron chi connectivity index (χ2n) is 8.89. The summed E-state index contributed by atoms with van der Waals surface area (Å²) in [5.74, 6) is 1.59. The van der Waals surface area contributed by atoms with E-state index >= 15 is 0 Å². The highest BCUT2D eigenvalue weighted by atomic mass is 16.7. The van der Waals surface area contributed by atoms with E-state index in [0.29, 0.717) is 17.8 Å². The molecule has 142 valence electrons. The normalized spacial score (nSPS) is 36.7. The fourth-order valence-electron chi connectivity index (χ4n) is 5.24. The van der Waals surface area contributed by atoms with Crippen molar-refractivity contribution in [2.24, 2.45) is 23.7 Å². The molecule has 0 amide bonds. The number of carbonyl (C=O) groups is 1. The van der Waals surface area contributed by atoms with Gasteiger partial charge in [0.25, 0.3) is 0 Å². The molecule has 4 nitrogen and oxygen atoms in total. The molecular weight excluding hydrogens is 326 g/mol. The second-order valence-corrected chi connectivity index (χ2v) is 8.89. The van der Waals surface area contributed by atoms with Crippen LogP contribution in [-0.2, 0) is 14.3 Å². The van der Waals surface area contributed by atoms with E-state index in [-0.39, 0.29) is 23.9 Å². The second kappa shape index (κ2) is 6.88. The number of esters is 1. The maximum atomic E-state index is 12.7. The van der Waals surface area contributed by atoms with Gasteiger partial charge in [-0.2, -0.15) is 0 Å². The van der Waals surface area contributed by atoms with Gasteiger partial charge in [0.05, 0.1) is 17.9 Å². The standard InChI is InChI=1S/C22H31NO3/c1-13(2)15-10-9-14(3)11-19(15)25-22-17-12-23(4)18-8-6-5-7-16(18)20(17)21(24)26-22/h5-8,13-15,17,19-20,22H,9-12H2,1-4H3/t14?,15-,17+,19+,20-,22+/m0/s1. The third-order valence-electron chi connectivity index (χ3n) is 6.70. The smallest absolute Gasteiger partial charge is 0.316 e. The average Bonchev–Trinajstić information content (AvgIpc) is 2.90. The molecule has 0 aromatic heterocycles. The largest absolute Gasteiger partial charge is 0.435 e. The van der Waals surface area contributed by atoms with Crippen molar-refractivity contribution in [2.75, 3.05) is 18.5 Å². The number of carbonyl (C=O) groups excluding carboxylic acids is 1. The van der Waals surface area contributed by atoms with E-state index in [1.54, 1.807) is 0 Å². The van der Waals surface area contributed by atoms with Gasteiger partial charge in [-0.15, -0.1) is 0 Å². The van der Waals surface area contributed by atoms with E-state index < -0.39 is 6.29 Å². The van der Waals surface area contributed by atoms with Crippen LogP contribution >= 0.6 is 0 Å². The molecule has 6 atom stereocenters. The molecule has 0 spiro atoms. The molecule has 0 radical (unpaired) electrons. The van der Waals surface area contributed by atoms with Crippen molar-refractivity contribution < 1.29 is 14.3 Å². The Morgan fingerprint density at radius 3 is 2.77 bits per heavy atom. The lowest BCUT2D eigenvalue weighted by atomic mass is 9.75. The molecule has 1 aromatic carbocycles. The Kier molecular flexibility index (Phi) is 4.72. The van der Waals surface area contributed by atoms with Crippen molar-refractivity contribution in [3.63, 3.8) is 0 Å². The number of ether oxygens (including phenoxy) is 2. The molecule has 2 aliphatic heterocycles. The van der Waals surface area contributed by atoms with E-state index in [2.05, 4.69) is 44.9 Å². The number of anilines is 1. The molecular formula is C22H31NO3. The summed E-state index contributed by atoms with van der Waals surface area (Å²) in [6, 6.07) is 8.19. The fourth-order valence-corrected chi connectivity index (χ4v) is 5.24. The van der Waals surface area contributed by atoms with Gasteiger partial charge in [0.2, 0.25) is 6.29 Å². The Hall–Kier alpha value is -1.55. The number of fused-ring (bicyclic) bond motifs is 3. The summed E-state index contributed by atoms with van der Waals surface area (Å²) in [6.07, 6.45) is 3.33. The van der Waals surface area contributed by atoms with E-state index in [9.17, 15) is 4.79 Å². The van der Waals surface area contributed by atoms with Crippen molar-refractivity contribution in [1.29, 1.82) is 0 Å². The van der Waals surface area contributed by atoms with Gasteiger partial charge >= 0.3 is 5.97 Å². The summed E-state index contributed by atoms with van der Waals surface area (Å²) in [7, 11) is 2.09. The van der Waals surface area contributed by atoms with Crippen LogP contribution in [0.25, 0.3) is 0 Å². The number of benzene rings is 1. The Balaban J connectivity index is 1.57. The molecule has 0 N–H and O–H groups in total. The maximum Gasteiger partial charge on any atom is 0.316 e. The highest BCUT2D eigenvalue weighted by molar-refractivity contribution is 5.84. The van der Waals surface area contributed by atoms with Gasteiger partial charge in [-0.3, -0.25) is 4.79 Å². The van der Waals surface area contributed by atoms with Gasteiger partial charge in [-0.05, 0) is 42.2 Å². The molecule has 1 aromatic rings. The predicted molar refractivity (Wildman–Crippen MR) is 102 cm³/mol. The molecule has 2 heterocycles.